The van der Waals surface area contributed by atoms with Gasteiger partial charge in [0.1, 0.15) is 23.6 Å². The number of rotatable bonds is 6. The van der Waals surface area contributed by atoms with E-state index in [1.54, 1.807) is 18.2 Å². The third-order valence-electron chi connectivity index (χ3n) is 5.70. The Morgan fingerprint density at radius 2 is 1.91 bits per heavy atom. The van der Waals surface area contributed by atoms with Gasteiger partial charge in [-0.2, -0.15) is 0 Å². The number of ether oxygens (including phenoxy) is 3. The highest BCUT2D eigenvalue weighted by molar-refractivity contribution is 5.94. The molecule has 178 valence electrons. The number of nitrogens with two attached hydrogens (primary N) is 1. The van der Waals surface area contributed by atoms with E-state index in [-0.39, 0.29) is 18.7 Å². The number of carboxylic acid groups (broad SMARTS) is 1. The van der Waals surface area contributed by atoms with Crippen molar-refractivity contribution in [3.05, 3.63) is 30.0 Å². The van der Waals surface area contributed by atoms with Crippen LogP contribution in [0.1, 0.15) is 37.7 Å². The highest BCUT2D eigenvalue weighted by atomic mass is 16.5. The molecule has 1 aliphatic heterocycles. The van der Waals surface area contributed by atoms with Crippen LogP contribution in [0, 0.1) is 5.41 Å². The van der Waals surface area contributed by atoms with E-state index in [1.807, 2.05) is 20.8 Å². The third kappa shape index (κ3) is 5.00. The van der Waals surface area contributed by atoms with Crippen LogP contribution in [0.3, 0.4) is 0 Å². The summed E-state index contributed by atoms with van der Waals surface area (Å²) in [5.41, 5.74) is 6.05. The second-order valence-electron chi connectivity index (χ2n) is 9.04. The van der Waals surface area contributed by atoms with Crippen LogP contribution >= 0.6 is 0 Å². The van der Waals surface area contributed by atoms with Crippen LogP contribution in [0.2, 0.25) is 0 Å². The first-order valence-corrected chi connectivity index (χ1v) is 10.5. The van der Waals surface area contributed by atoms with Crippen LogP contribution in [0.25, 0.3) is 10.9 Å². The van der Waals surface area contributed by atoms with Crippen molar-refractivity contribution in [1.29, 1.82) is 0 Å². The summed E-state index contributed by atoms with van der Waals surface area (Å²) in [6.45, 7) is 5.51. The van der Waals surface area contributed by atoms with Crippen LogP contribution in [-0.4, -0.2) is 71.8 Å². The summed E-state index contributed by atoms with van der Waals surface area (Å²) < 4.78 is 16.2. The van der Waals surface area contributed by atoms with Gasteiger partial charge in [0.05, 0.1) is 32.3 Å². The van der Waals surface area contributed by atoms with Crippen LogP contribution in [0.15, 0.2) is 24.3 Å². The van der Waals surface area contributed by atoms with Gasteiger partial charge in [0.25, 0.3) is 0 Å². The van der Waals surface area contributed by atoms with Crippen molar-refractivity contribution in [2.24, 2.45) is 11.1 Å². The van der Waals surface area contributed by atoms with Crippen molar-refractivity contribution >= 4 is 28.7 Å². The number of esters is 1. The number of amides is 1. The standard InChI is InChI=1S/C23H29N3O7/c1-23(2,3)19(24)20(27)26-11-13(9-17(26)21(28)29)33-18-10-16(22(30)32-5)25-15-8-12(31-4)6-7-14(15)18/h6-8,10,13,17,19H,9,11,24H2,1-5H3,(H,28,29)/t13-,17+,19-/m1/s1. The number of pyridine rings is 1. The van der Waals surface area contributed by atoms with E-state index >= 15 is 0 Å². The largest absolute Gasteiger partial charge is 0.497 e. The summed E-state index contributed by atoms with van der Waals surface area (Å²) in [5.74, 6) is -1.35. The smallest absolute Gasteiger partial charge is 0.356 e. The number of aliphatic carboxylic acids is 1. The molecule has 2 aromatic rings. The van der Waals surface area contributed by atoms with E-state index < -0.39 is 41.4 Å². The molecular formula is C23H29N3O7. The number of hydrogen-bond acceptors (Lipinski definition) is 8. The Kier molecular flexibility index (Phi) is 6.78. The summed E-state index contributed by atoms with van der Waals surface area (Å²) in [5, 5.41) is 10.3. The molecule has 1 fully saturated rings. The number of methoxy groups -OCH3 is 2. The van der Waals surface area contributed by atoms with Gasteiger partial charge in [0, 0.05) is 23.9 Å². The maximum atomic E-state index is 13.0. The lowest BCUT2D eigenvalue weighted by Gasteiger charge is -2.31. The van der Waals surface area contributed by atoms with Gasteiger partial charge in [0.2, 0.25) is 5.91 Å². The minimum Gasteiger partial charge on any atom is -0.497 e. The number of likely N-dealkylation sites (tertiary alicyclic amines) is 1. The molecule has 1 aromatic heterocycles. The normalized spacial score (nSPS) is 19.3. The average Bonchev–Trinajstić information content (AvgIpc) is 3.20. The average molecular weight is 459 g/mol. The van der Waals surface area contributed by atoms with Crippen molar-refractivity contribution in [3.63, 3.8) is 0 Å². The van der Waals surface area contributed by atoms with E-state index in [1.165, 1.54) is 25.2 Å². The van der Waals surface area contributed by atoms with Gasteiger partial charge >= 0.3 is 11.9 Å². The predicted octanol–water partition coefficient (Wildman–Crippen LogP) is 1.84. The lowest BCUT2D eigenvalue weighted by atomic mass is 9.86. The molecule has 0 radical (unpaired) electrons. The van der Waals surface area contributed by atoms with Crippen molar-refractivity contribution in [2.75, 3.05) is 20.8 Å². The molecule has 0 saturated carbocycles. The highest BCUT2D eigenvalue weighted by Crippen LogP contribution is 2.32. The molecule has 3 rings (SSSR count). The number of carbonyl (C=O) groups excluding carboxylic acids is 2. The summed E-state index contributed by atoms with van der Waals surface area (Å²) in [6.07, 6.45) is -0.550. The summed E-state index contributed by atoms with van der Waals surface area (Å²) >= 11 is 0. The molecule has 0 unspecified atom stereocenters. The van der Waals surface area contributed by atoms with Gasteiger partial charge in [-0.25, -0.2) is 14.6 Å². The zero-order valence-corrected chi connectivity index (χ0v) is 19.3. The molecule has 3 atom stereocenters. The van der Waals surface area contributed by atoms with Gasteiger partial charge in [-0.15, -0.1) is 0 Å². The molecule has 0 bridgehead atoms. The Morgan fingerprint density at radius 1 is 1.21 bits per heavy atom. The molecule has 1 amide bonds. The Morgan fingerprint density at radius 3 is 2.48 bits per heavy atom. The molecule has 10 nitrogen and oxygen atoms in total. The number of aromatic nitrogens is 1. The maximum Gasteiger partial charge on any atom is 0.356 e. The van der Waals surface area contributed by atoms with Gasteiger partial charge < -0.3 is 30.0 Å². The second kappa shape index (κ2) is 9.22. The first kappa shape index (κ1) is 24.2. The van der Waals surface area contributed by atoms with Crippen molar-refractivity contribution in [2.45, 2.75) is 45.4 Å². The molecule has 10 heteroatoms. The zero-order valence-electron chi connectivity index (χ0n) is 19.3. The fourth-order valence-corrected chi connectivity index (χ4v) is 3.70. The fourth-order valence-electron chi connectivity index (χ4n) is 3.70. The third-order valence-corrected chi connectivity index (χ3v) is 5.70. The quantitative estimate of drug-likeness (QED) is 0.619. The molecular weight excluding hydrogens is 430 g/mol. The lowest BCUT2D eigenvalue weighted by Crippen LogP contribution is -2.53. The van der Waals surface area contributed by atoms with Crippen molar-refractivity contribution < 1.29 is 33.7 Å². The highest BCUT2D eigenvalue weighted by Gasteiger charge is 2.44. The Labute approximate surface area is 191 Å². The van der Waals surface area contributed by atoms with E-state index in [9.17, 15) is 19.5 Å². The zero-order chi connectivity index (χ0) is 24.5. The van der Waals surface area contributed by atoms with Crippen molar-refractivity contribution in [1.82, 2.24) is 9.88 Å². The van der Waals surface area contributed by atoms with Crippen LogP contribution in [0.5, 0.6) is 11.5 Å². The molecule has 1 aliphatic rings. The summed E-state index contributed by atoms with van der Waals surface area (Å²) in [6, 6.07) is 4.63. The maximum absolute atomic E-state index is 13.0. The first-order valence-electron chi connectivity index (χ1n) is 10.5. The molecule has 1 saturated heterocycles. The summed E-state index contributed by atoms with van der Waals surface area (Å²) in [7, 11) is 2.76. The van der Waals surface area contributed by atoms with E-state index in [0.29, 0.717) is 22.4 Å². The minimum atomic E-state index is -1.13. The first-order chi connectivity index (χ1) is 15.5. The number of fused-ring (bicyclic) bond motifs is 1. The molecule has 3 N–H and O–H groups in total. The molecule has 0 aliphatic carbocycles. The molecule has 33 heavy (non-hydrogen) atoms. The lowest BCUT2D eigenvalue weighted by molar-refractivity contribution is -0.149. The van der Waals surface area contributed by atoms with E-state index in [0.717, 1.165) is 0 Å². The fraction of sp³-hybridized carbons (Fsp3) is 0.478. The molecule has 1 aromatic carbocycles. The molecule has 2 heterocycles. The predicted molar refractivity (Wildman–Crippen MR) is 119 cm³/mol. The van der Waals surface area contributed by atoms with Gasteiger partial charge in [-0.3, -0.25) is 4.79 Å². The van der Waals surface area contributed by atoms with E-state index in [2.05, 4.69) is 4.98 Å². The van der Waals surface area contributed by atoms with Gasteiger partial charge in [0.15, 0.2) is 5.69 Å². The SMILES string of the molecule is COC(=O)c1cc(O[C@@H]2C[C@@H](C(=O)O)N(C(=O)[C@@H](N)C(C)(C)C)C2)c2ccc(OC)cc2n1. The van der Waals surface area contributed by atoms with E-state index in [4.69, 9.17) is 19.9 Å². The minimum absolute atomic E-state index is 0.0312. The van der Waals surface area contributed by atoms with Crippen LogP contribution in [0.4, 0.5) is 0 Å². The Bertz CT molecular complexity index is 1080. The van der Waals surface area contributed by atoms with Crippen molar-refractivity contribution in [3.8, 4) is 11.5 Å². The molecule has 0 spiro atoms. The van der Waals surface area contributed by atoms with Gasteiger partial charge in [-0.05, 0) is 17.5 Å². The number of carbonyl (C=O) groups is 3. The number of benzene rings is 1. The number of hydrogen-bond donors (Lipinski definition) is 2. The Hall–Kier alpha value is -3.40. The van der Waals surface area contributed by atoms with Crippen LogP contribution < -0.4 is 15.2 Å². The van der Waals surface area contributed by atoms with Crippen LogP contribution in [-0.2, 0) is 14.3 Å². The number of nitrogens with zero attached hydrogens (tertiary/aromatic N) is 2. The summed E-state index contributed by atoms with van der Waals surface area (Å²) in [4.78, 5) is 42.6. The monoisotopic (exact) mass is 459 g/mol. The number of carboxylic acids is 1. The van der Waals surface area contributed by atoms with Gasteiger partial charge in [-0.1, -0.05) is 20.8 Å². The topological polar surface area (TPSA) is 141 Å². The second-order valence-corrected chi connectivity index (χ2v) is 9.04. The Balaban J connectivity index is 1.95.